The molecule has 0 spiro atoms. The van der Waals surface area contributed by atoms with Crippen molar-refractivity contribution in [2.45, 2.75) is 45.4 Å². The minimum atomic E-state index is 0.0624. The zero-order valence-corrected chi connectivity index (χ0v) is 14.6. The van der Waals surface area contributed by atoms with Crippen LogP contribution in [0.5, 0.6) is 0 Å². The number of rotatable bonds is 3. The predicted octanol–water partition coefficient (Wildman–Crippen LogP) is 3.30. The second kappa shape index (κ2) is 5.87. The van der Waals surface area contributed by atoms with E-state index >= 15 is 0 Å². The van der Waals surface area contributed by atoms with Gasteiger partial charge in [0.2, 0.25) is 11.9 Å². The highest BCUT2D eigenvalue weighted by Gasteiger charge is 2.20. The second-order valence-corrected chi connectivity index (χ2v) is 7.68. The van der Waals surface area contributed by atoms with Crippen molar-refractivity contribution in [1.29, 1.82) is 0 Å². The average molecular weight is 320 g/mol. The SMILES string of the molecule is Cn1nc(Nc2nc(C(C)(C)C)cs2)nc1N1CCCCC1. The van der Waals surface area contributed by atoms with Crippen molar-refractivity contribution in [1.82, 2.24) is 19.7 Å². The summed E-state index contributed by atoms with van der Waals surface area (Å²) in [6, 6.07) is 0. The largest absolute Gasteiger partial charge is 0.341 e. The van der Waals surface area contributed by atoms with Crippen molar-refractivity contribution in [3.05, 3.63) is 11.1 Å². The Hall–Kier alpha value is -1.63. The van der Waals surface area contributed by atoms with Crippen LogP contribution in [0.25, 0.3) is 0 Å². The summed E-state index contributed by atoms with van der Waals surface area (Å²) in [7, 11) is 1.95. The summed E-state index contributed by atoms with van der Waals surface area (Å²) in [4.78, 5) is 11.6. The molecule has 1 aliphatic rings. The first-order valence-corrected chi connectivity index (χ1v) is 8.70. The van der Waals surface area contributed by atoms with E-state index < -0.39 is 0 Å². The Morgan fingerprint density at radius 2 is 1.86 bits per heavy atom. The molecule has 0 saturated carbocycles. The molecule has 0 aromatic carbocycles. The number of nitrogens with zero attached hydrogens (tertiary/aromatic N) is 5. The fraction of sp³-hybridized carbons (Fsp3) is 0.667. The molecule has 6 nitrogen and oxygen atoms in total. The van der Waals surface area contributed by atoms with Crippen LogP contribution >= 0.6 is 11.3 Å². The van der Waals surface area contributed by atoms with Gasteiger partial charge in [-0.1, -0.05) is 20.8 Å². The first-order chi connectivity index (χ1) is 10.4. The smallest absolute Gasteiger partial charge is 0.250 e. The summed E-state index contributed by atoms with van der Waals surface area (Å²) >= 11 is 1.60. The van der Waals surface area contributed by atoms with Gasteiger partial charge in [0.15, 0.2) is 5.13 Å². The monoisotopic (exact) mass is 320 g/mol. The Labute approximate surface area is 135 Å². The lowest BCUT2D eigenvalue weighted by Gasteiger charge is -2.26. The lowest BCUT2D eigenvalue weighted by molar-refractivity contribution is 0.557. The second-order valence-electron chi connectivity index (χ2n) is 6.82. The molecule has 0 bridgehead atoms. The van der Waals surface area contributed by atoms with Crippen LogP contribution in [0.2, 0.25) is 0 Å². The van der Waals surface area contributed by atoms with Crippen LogP contribution in [0, 0.1) is 0 Å². The van der Waals surface area contributed by atoms with Gasteiger partial charge in [0.05, 0.1) is 5.69 Å². The lowest BCUT2D eigenvalue weighted by atomic mass is 9.93. The van der Waals surface area contributed by atoms with Crippen molar-refractivity contribution in [2.24, 2.45) is 7.05 Å². The van der Waals surface area contributed by atoms with Gasteiger partial charge in [-0.15, -0.1) is 16.4 Å². The van der Waals surface area contributed by atoms with E-state index in [9.17, 15) is 0 Å². The number of hydrogen-bond donors (Lipinski definition) is 1. The first-order valence-electron chi connectivity index (χ1n) is 7.82. The Kier molecular flexibility index (Phi) is 4.08. The van der Waals surface area contributed by atoms with Gasteiger partial charge < -0.3 is 4.90 Å². The molecular formula is C15H24N6S. The summed E-state index contributed by atoms with van der Waals surface area (Å²) in [5.74, 6) is 1.56. The summed E-state index contributed by atoms with van der Waals surface area (Å²) in [5, 5.41) is 10.6. The van der Waals surface area contributed by atoms with Gasteiger partial charge >= 0.3 is 0 Å². The highest BCUT2D eigenvalue weighted by atomic mass is 32.1. The van der Waals surface area contributed by atoms with Crippen molar-refractivity contribution in [3.8, 4) is 0 Å². The summed E-state index contributed by atoms with van der Waals surface area (Å²) in [6.45, 7) is 8.63. The molecule has 0 aliphatic carbocycles. The maximum absolute atomic E-state index is 4.63. The van der Waals surface area contributed by atoms with E-state index in [4.69, 9.17) is 0 Å². The number of aryl methyl sites for hydroxylation is 1. The number of nitrogens with one attached hydrogen (secondary N) is 1. The van der Waals surface area contributed by atoms with Crippen molar-refractivity contribution in [3.63, 3.8) is 0 Å². The Morgan fingerprint density at radius 3 is 2.50 bits per heavy atom. The van der Waals surface area contributed by atoms with Crippen LogP contribution in [-0.4, -0.2) is 32.8 Å². The Bertz CT molecular complexity index is 633. The molecule has 0 atom stereocenters. The van der Waals surface area contributed by atoms with Crippen LogP contribution in [0.3, 0.4) is 0 Å². The molecule has 1 N–H and O–H groups in total. The van der Waals surface area contributed by atoms with Gasteiger partial charge in [0, 0.05) is 30.9 Å². The molecule has 22 heavy (non-hydrogen) atoms. The Morgan fingerprint density at radius 1 is 1.14 bits per heavy atom. The summed E-state index contributed by atoms with van der Waals surface area (Å²) < 4.78 is 1.85. The van der Waals surface area contributed by atoms with Crippen LogP contribution in [-0.2, 0) is 12.5 Å². The van der Waals surface area contributed by atoms with E-state index in [1.807, 2.05) is 11.7 Å². The zero-order valence-electron chi connectivity index (χ0n) is 13.8. The minimum Gasteiger partial charge on any atom is -0.341 e. The number of hydrogen-bond acceptors (Lipinski definition) is 6. The molecule has 0 amide bonds. The number of piperidine rings is 1. The van der Waals surface area contributed by atoms with Gasteiger partial charge in [-0.3, -0.25) is 5.32 Å². The maximum Gasteiger partial charge on any atom is 0.250 e. The molecule has 3 rings (SSSR count). The van der Waals surface area contributed by atoms with E-state index in [1.54, 1.807) is 11.3 Å². The van der Waals surface area contributed by atoms with Crippen LogP contribution in [0.4, 0.5) is 17.0 Å². The summed E-state index contributed by atoms with van der Waals surface area (Å²) in [6.07, 6.45) is 3.78. The van der Waals surface area contributed by atoms with Crippen molar-refractivity contribution in [2.75, 3.05) is 23.3 Å². The molecule has 1 aliphatic heterocycles. The van der Waals surface area contributed by atoms with E-state index in [0.717, 1.165) is 29.9 Å². The fourth-order valence-corrected chi connectivity index (χ4v) is 3.50. The van der Waals surface area contributed by atoms with E-state index in [0.29, 0.717) is 5.95 Å². The van der Waals surface area contributed by atoms with Gasteiger partial charge in [-0.05, 0) is 19.3 Å². The lowest BCUT2D eigenvalue weighted by Crippen LogP contribution is -2.31. The molecule has 1 saturated heterocycles. The van der Waals surface area contributed by atoms with Gasteiger partial charge in [0.1, 0.15) is 0 Å². The summed E-state index contributed by atoms with van der Waals surface area (Å²) in [5.41, 5.74) is 1.15. The highest BCUT2D eigenvalue weighted by molar-refractivity contribution is 7.13. The molecule has 120 valence electrons. The van der Waals surface area contributed by atoms with Gasteiger partial charge in [0.25, 0.3) is 0 Å². The van der Waals surface area contributed by atoms with Crippen molar-refractivity contribution < 1.29 is 0 Å². The zero-order chi connectivity index (χ0) is 15.7. The Balaban J connectivity index is 1.74. The number of thiazole rings is 1. The number of anilines is 3. The van der Waals surface area contributed by atoms with E-state index in [2.05, 4.69) is 51.4 Å². The molecule has 2 aromatic rings. The number of aromatic nitrogens is 4. The predicted molar refractivity (Wildman–Crippen MR) is 91.2 cm³/mol. The third-order valence-corrected chi connectivity index (χ3v) is 4.63. The molecular weight excluding hydrogens is 296 g/mol. The first kappa shape index (κ1) is 15.3. The molecule has 7 heteroatoms. The van der Waals surface area contributed by atoms with Gasteiger partial charge in [-0.25, -0.2) is 9.67 Å². The van der Waals surface area contributed by atoms with Gasteiger partial charge in [-0.2, -0.15) is 4.98 Å². The van der Waals surface area contributed by atoms with Crippen molar-refractivity contribution >= 4 is 28.4 Å². The molecule has 2 aromatic heterocycles. The fourth-order valence-electron chi connectivity index (χ4n) is 2.57. The molecule has 0 radical (unpaired) electrons. The molecule has 3 heterocycles. The third-order valence-electron chi connectivity index (χ3n) is 3.87. The topological polar surface area (TPSA) is 58.9 Å². The van der Waals surface area contributed by atoms with Crippen LogP contribution in [0.1, 0.15) is 45.7 Å². The molecule has 1 fully saturated rings. The maximum atomic E-state index is 4.63. The minimum absolute atomic E-state index is 0.0624. The standard InChI is InChI=1S/C15H24N6S/c1-15(2,3)11-10-22-13(16-11)17-12-18-14(20(4)19-12)21-8-6-5-7-9-21/h10H,5-9H2,1-4H3,(H,16,17,19). The van der Waals surface area contributed by atoms with Crippen LogP contribution < -0.4 is 10.2 Å². The normalized spacial score (nSPS) is 16.1. The average Bonchev–Trinajstić information content (AvgIpc) is 3.07. The van der Waals surface area contributed by atoms with E-state index in [1.165, 1.54) is 19.3 Å². The third kappa shape index (κ3) is 3.24. The highest BCUT2D eigenvalue weighted by Crippen LogP contribution is 2.28. The molecule has 0 unspecified atom stereocenters. The quantitative estimate of drug-likeness (QED) is 0.940. The van der Waals surface area contributed by atoms with Crippen LogP contribution in [0.15, 0.2) is 5.38 Å². The van der Waals surface area contributed by atoms with E-state index in [-0.39, 0.29) is 5.41 Å².